The van der Waals surface area contributed by atoms with Gasteiger partial charge < -0.3 is 15.7 Å². The number of hydrogen-bond donors (Lipinski definition) is 2. The molecule has 0 aromatic heterocycles. The minimum absolute atomic E-state index is 0. The molecule has 1 rings (SSSR count). The Morgan fingerprint density at radius 3 is 2.41 bits per heavy atom. The molecular formula is C12H25ClN2O2. The number of carbonyl (C=O) groups is 1. The van der Waals surface area contributed by atoms with Crippen molar-refractivity contribution in [3.05, 3.63) is 0 Å². The molecule has 1 aliphatic carbocycles. The van der Waals surface area contributed by atoms with E-state index in [-0.39, 0.29) is 29.8 Å². The lowest BCUT2D eigenvalue weighted by molar-refractivity contribution is -0.140. The Labute approximate surface area is 110 Å². The number of aliphatic hydroxyl groups excluding tert-OH is 1. The van der Waals surface area contributed by atoms with Crippen LogP contribution >= 0.6 is 12.4 Å². The Balaban J connectivity index is 0.00000256. The maximum Gasteiger partial charge on any atom is 0.229 e. The van der Waals surface area contributed by atoms with Crippen LogP contribution in [0.4, 0.5) is 0 Å². The van der Waals surface area contributed by atoms with Crippen LogP contribution in [0.1, 0.15) is 39.0 Å². The fraction of sp³-hybridized carbons (Fsp3) is 0.917. The van der Waals surface area contributed by atoms with Crippen LogP contribution in [0.3, 0.4) is 0 Å². The molecule has 0 spiro atoms. The predicted octanol–water partition coefficient (Wildman–Crippen LogP) is 1.16. The smallest absolute Gasteiger partial charge is 0.229 e. The summed E-state index contributed by atoms with van der Waals surface area (Å²) in [5.41, 5.74) is 5.45. The maximum absolute atomic E-state index is 12.3. The second-order valence-electron chi connectivity index (χ2n) is 5.06. The van der Waals surface area contributed by atoms with Gasteiger partial charge in [0.2, 0.25) is 5.91 Å². The Morgan fingerprint density at radius 2 is 2.00 bits per heavy atom. The average molecular weight is 265 g/mol. The van der Waals surface area contributed by atoms with Gasteiger partial charge >= 0.3 is 0 Å². The molecule has 1 amide bonds. The molecule has 0 radical (unpaired) electrons. The van der Waals surface area contributed by atoms with E-state index in [9.17, 15) is 9.90 Å². The van der Waals surface area contributed by atoms with Gasteiger partial charge in [0.25, 0.3) is 0 Å². The molecule has 1 unspecified atom stereocenters. The number of halogens is 1. The molecule has 1 saturated carbocycles. The summed E-state index contributed by atoms with van der Waals surface area (Å²) in [5, 5.41) is 9.21. The van der Waals surface area contributed by atoms with E-state index in [4.69, 9.17) is 5.73 Å². The summed E-state index contributed by atoms with van der Waals surface area (Å²) in [6.07, 6.45) is 4.32. The van der Waals surface area contributed by atoms with Crippen LogP contribution in [0.5, 0.6) is 0 Å². The van der Waals surface area contributed by atoms with E-state index in [1.165, 1.54) is 0 Å². The van der Waals surface area contributed by atoms with Crippen LogP contribution in [0.2, 0.25) is 0 Å². The van der Waals surface area contributed by atoms with Gasteiger partial charge in [0, 0.05) is 20.1 Å². The molecule has 17 heavy (non-hydrogen) atoms. The van der Waals surface area contributed by atoms with E-state index in [1.807, 2.05) is 0 Å². The highest BCUT2D eigenvalue weighted by atomic mass is 35.5. The maximum atomic E-state index is 12.3. The molecule has 3 N–H and O–H groups in total. The van der Waals surface area contributed by atoms with E-state index < -0.39 is 0 Å². The van der Waals surface area contributed by atoms with E-state index >= 15 is 0 Å². The van der Waals surface area contributed by atoms with Gasteiger partial charge in [-0.3, -0.25) is 4.79 Å². The Bertz CT molecular complexity index is 241. The molecule has 0 heterocycles. The van der Waals surface area contributed by atoms with Gasteiger partial charge in [-0.2, -0.15) is 0 Å². The van der Waals surface area contributed by atoms with E-state index in [0.717, 1.165) is 25.7 Å². The molecule has 0 saturated heterocycles. The zero-order valence-corrected chi connectivity index (χ0v) is 11.6. The van der Waals surface area contributed by atoms with Crippen molar-refractivity contribution in [1.29, 1.82) is 0 Å². The quantitative estimate of drug-likeness (QED) is 0.783. The monoisotopic (exact) mass is 264 g/mol. The summed E-state index contributed by atoms with van der Waals surface area (Å²) < 4.78 is 0. The minimum Gasteiger partial charge on any atom is -0.393 e. The van der Waals surface area contributed by atoms with E-state index in [0.29, 0.717) is 19.5 Å². The minimum atomic E-state index is -0.354. The molecule has 0 bridgehead atoms. The highest BCUT2D eigenvalue weighted by Crippen LogP contribution is 2.38. The van der Waals surface area contributed by atoms with Crippen LogP contribution in [0.25, 0.3) is 0 Å². The number of rotatable bonds is 5. The van der Waals surface area contributed by atoms with Crippen molar-refractivity contribution in [2.24, 2.45) is 11.1 Å². The first kappa shape index (κ1) is 16.7. The van der Waals surface area contributed by atoms with Gasteiger partial charge in [0.05, 0.1) is 11.5 Å². The van der Waals surface area contributed by atoms with Crippen molar-refractivity contribution in [2.45, 2.75) is 45.1 Å². The van der Waals surface area contributed by atoms with Crippen molar-refractivity contribution in [3.63, 3.8) is 0 Å². The lowest BCUT2D eigenvalue weighted by atomic mass is 9.84. The van der Waals surface area contributed by atoms with Gasteiger partial charge in [-0.05, 0) is 26.2 Å². The Hall–Kier alpha value is -0.320. The average Bonchev–Trinajstić information content (AvgIpc) is 2.74. The fourth-order valence-corrected chi connectivity index (χ4v) is 2.44. The summed E-state index contributed by atoms with van der Waals surface area (Å²) in [7, 11) is 1.81. The van der Waals surface area contributed by atoms with E-state index in [1.54, 1.807) is 18.9 Å². The molecule has 0 aromatic carbocycles. The largest absolute Gasteiger partial charge is 0.393 e. The molecule has 0 aromatic rings. The Morgan fingerprint density at radius 1 is 1.47 bits per heavy atom. The van der Waals surface area contributed by atoms with Crippen LogP contribution in [0.15, 0.2) is 0 Å². The summed E-state index contributed by atoms with van der Waals surface area (Å²) in [6.45, 7) is 2.80. The van der Waals surface area contributed by atoms with Crippen LogP contribution in [-0.2, 0) is 4.79 Å². The second kappa shape index (κ2) is 7.19. The summed E-state index contributed by atoms with van der Waals surface area (Å²) in [5.74, 6) is 0.160. The number of nitrogens with two attached hydrogens (primary N) is 1. The zero-order valence-electron chi connectivity index (χ0n) is 10.8. The third-order valence-corrected chi connectivity index (χ3v) is 3.63. The molecule has 0 aliphatic heterocycles. The summed E-state index contributed by atoms with van der Waals surface area (Å²) in [4.78, 5) is 14.0. The molecular weight excluding hydrogens is 240 g/mol. The van der Waals surface area contributed by atoms with E-state index in [2.05, 4.69) is 0 Å². The lowest BCUT2D eigenvalue weighted by Gasteiger charge is -2.31. The van der Waals surface area contributed by atoms with Crippen molar-refractivity contribution in [1.82, 2.24) is 4.90 Å². The number of aliphatic hydroxyl groups is 1. The van der Waals surface area contributed by atoms with Crippen molar-refractivity contribution in [2.75, 3.05) is 20.1 Å². The lowest BCUT2D eigenvalue weighted by Crippen LogP contribution is -2.45. The fourth-order valence-electron chi connectivity index (χ4n) is 2.44. The molecule has 102 valence electrons. The molecule has 1 atom stereocenters. The van der Waals surface area contributed by atoms with Crippen molar-refractivity contribution >= 4 is 18.3 Å². The second-order valence-corrected chi connectivity index (χ2v) is 5.06. The molecule has 1 aliphatic rings. The van der Waals surface area contributed by atoms with Crippen molar-refractivity contribution in [3.8, 4) is 0 Å². The van der Waals surface area contributed by atoms with Gasteiger partial charge in [-0.15, -0.1) is 12.4 Å². The molecule has 5 heteroatoms. The Kier molecular flexibility index (Phi) is 7.05. The molecule has 4 nitrogen and oxygen atoms in total. The van der Waals surface area contributed by atoms with Crippen molar-refractivity contribution < 1.29 is 9.90 Å². The highest BCUT2D eigenvalue weighted by Gasteiger charge is 2.41. The van der Waals surface area contributed by atoms with Gasteiger partial charge in [0.15, 0.2) is 0 Å². The third kappa shape index (κ3) is 4.12. The summed E-state index contributed by atoms with van der Waals surface area (Å²) >= 11 is 0. The zero-order chi connectivity index (χ0) is 12.2. The first-order valence-electron chi connectivity index (χ1n) is 6.15. The SMILES string of the molecule is CC(O)CCN(C)C(=O)C1(CN)CCCC1.Cl. The topological polar surface area (TPSA) is 66.6 Å². The summed E-state index contributed by atoms with van der Waals surface area (Å²) in [6, 6.07) is 0. The first-order chi connectivity index (χ1) is 7.52. The highest BCUT2D eigenvalue weighted by molar-refractivity contribution is 5.85. The first-order valence-corrected chi connectivity index (χ1v) is 6.15. The van der Waals surface area contributed by atoms with Crippen LogP contribution in [-0.4, -0.2) is 42.2 Å². The van der Waals surface area contributed by atoms with Crippen LogP contribution < -0.4 is 5.73 Å². The predicted molar refractivity (Wildman–Crippen MR) is 71.1 cm³/mol. The standard InChI is InChI=1S/C12H24N2O2.ClH/c1-10(15)5-8-14(2)11(16)12(9-13)6-3-4-7-12;/h10,15H,3-9,13H2,1-2H3;1H. The van der Waals surface area contributed by atoms with Crippen LogP contribution in [0, 0.1) is 5.41 Å². The van der Waals surface area contributed by atoms with Gasteiger partial charge in [-0.25, -0.2) is 0 Å². The number of amides is 1. The third-order valence-electron chi connectivity index (χ3n) is 3.63. The number of nitrogens with zero attached hydrogens (tertiary/aromatic N) is 1. The molecule has 1 fully saturated rings. The number of hydrogen-bond acceptors (Lipinski definition) is 3. The van der Waals surface area contributed by atoms with Gasteiger partial charge in [0.1, 0.15) is 0 Å². The normalized spacial score (nSPS) is 19.5. The van der Waals surface area contributed by atoms with Gasteiger partial charge in [-0.1, -0.05) is 12.8 Å². The number of carbonyl (C=O) groups excluding carboxylic acids is 1.